The van der Waals surface area contributed by atoms with Gasteiger partial charge in [-0.3, -0.25) is 4.79 Å². The van der Waals surface area contributed by atoms with E-state index in [0.717, 1.165) is 12.0 Å². The SMILES string of the molecule is CC(C)c1ccc(CCNC(=O)c2cccc(S(=O)(=O)N3CCOCC3)c2)cc1. The molecule has 2 aromatic carbocycles. The van der Waals surface area contributed by atoms with E-state index in [1.54, 1.807) is 12.1 Å². The molecule has 0 radical (unpaired) electrons. The number of sulfonamides is 1. The summed E-state index contributed by atoms with van der Waals surface area (Å²) in [5.41, 5.74) is 2.78. The Balaban J connectivity index is 1.60. The lowest BCUT2D eigenvalue weighted by Crippen LogP contribution is -2.40. The molecular formula is C22H28N2O4S. The van der Waals surface area contributed by atoms with Crippen LogP contribution in [-0.2, 0) is 21.2 Å². The van der Waals surface area contributed by atoms with Crippen molar-refractivity contribution in [1.82, 2.24) is 9.62 Å². The zero-order chi connectivity index (χ0) is 20.9. The Bertz CT molecular complexity index is 934. The number of nitrogens with one attached hydrogen (secondary N) is 1. The van der Waals surface area contributed by atoms with Gasteiger partial charge in [-0.25, -0.2) is 8.42 Å². The van der Waals surface area contributed by atoms with Crippen LogP contribution in [0, 0.1) is 0 Å². The Labute approximate surface area is 172 Å². The molecule has 1 aliphatic rings. The molecule has 1 amide bonds. The van der Waals surface area contributed by atoms with E-state index in [4.69, 9.17) is 4.74 Å². The number of amides is 1. The first-order valence-corrected chi connectivity index (χ1v) is 11.4. The van der Waals surface area contributed by atoms with E-state index in [-0.39, 0.29) is 10.8 Å². The molecule has 0 bridgehead atoms. The third-order valence-corrected chi connectivity index (χ3v) is 6.94. The second kappa shape index (κ2) is 9.52. The highest BCUT2D eigenvalue weighted by Gasteiger charge is 2.26. The predicted octanol–water partition coefficient (Wildman–Crippen LogP) is 2.80. The maximum Gasteiger partial charge on any atom is 0.251 e. The summed E-state index contributed by atoms with van der Waals surface area (Å²) in [6, 6.07) is 14.6. The molecule has 3 rings (SSSR count). The van der Waals surface area contributed by atoms with Gasteiger partial charge < -0.3 is 10.1 Å². The van der Waals surface area contributed by atoms with E-state index in [2.05, 4.69) is 43.4 Å². The van der Waals surface area contributed by atoms with Crippen LogP contribution in [0.3, 0.4) is 0 Å². The fourth-order valence-corrected chi connectivity index (χ4v) is 4.68. The van der Waals surface area contributed by atoms with Gasteiger partial charge in [-0.2, -0.15) is 4.31 Å². The topological polar surface area (TPSA) is 75.7 Å². The Morgan fingerprint density at radius 3 is 2.45 bits per heavy atom. The molecule has 0 unspecified atom stereocenters. The Kier molecular flexibility index (Phi) is 7.05. The second-order valence-electron chi connectivity index (χ2n) is 7.45. The highest BCUT2D eigenvalue weighted by atomic mass is 32.2. The molecule has 1 saturated heterocycles. The monoisotopic (exact) mass is 416 g/mol. The first-order chi connectivity index (χ1) is 13.9. The average Bonchev–Trinajstić information content (AvgIpc) is 2.74. The van der Waals surface area contributed by atoms with Gasteiger partial charge in [-0.15, -0.1) is 0 Å². The van der Waals surface area contributed by atoms with Crippen LogP contribution < -0.4 is 5.32 Å². The van der Waals surface area contributed by atoms with E-state index in [1.807, 2.05) is 0 Å². The number of carbonyl (C=O) groups excluding carboxylic acids is 1. The number of carbonyl (C=O) groups is 1. The summed E-state index contributed by atoms with van der Waals surface area (Å²) in [5, 5.41) is 2.88. The van der Waals surface area contributed by atoms with Gasteiger partial charge in [0.05, 0.1) is 18.1 Å². The second-order valence-corrected chi connectivity index (χ2v) is 9.38. The smallest absolute Gasteiger partial charge is 0.251 e. The van der Waals surface area contributed by atoms with Crippen LogP contribution in [-0.4, -0.2) is 51.5 Å². The lowest BCUT2D eigenvalue weighted by Gasteiger charge is -2.26. The van der Waals surface area contributed by atoms with E-state index in [1.165, 1.54) is 22.0 Å². The first kappa shape index (κ1) is 21.5. The van der Waals surface area contributed by atoms with Crippen molar-refractivity contribution < 1.29 is 17.9 Å². The number of benzene rings is 2. The van der Waals surface area contributed by atoms with Crippen LogP contribution in [0.25, 0.3) is 0 Å². The Morgan fingerprint density at radius 2 is 1.79 bits per heavy atom. The Morgan fingerprint density at radius 1 is 1.10 bits per heavy atom. The van der Waals surface area contributed by atoms with Gasteiger partial charge in [-0.05, 0) is 41.7 Å². The van der Waals surface area contributed by atoms with Gasteiger partial charge in [-0.1, -0.05) is 44.2 Å². The molecule has 6 nitrogen and oxygen atoms in total. The number of rotatable bonds is 7. The largest absolute Gasteiger partial charge is 0.379 e. The van der Waals surface area contributed by atoms with Crippen molar-refractivity contribution >= 4 is 15.9 Å². The van der Waals surface area contributed by atoms with Crippen molar-refractivity contribution in [2.24, 2.45) is 0 Å². The van der Waals surface area contributed by atoms with E-state index in [9.17, 15) is 13.2 Å². The zero-order valence-corrected chi connectivity index (χ0v) is 17.7. The van der Waals surface area contributed by atoms with Crippen molar-refractivity contribution in [2.75, 3.05) is 32.8 Å². The van der Waals surface area contributed by atoms with Crippen molar-refractivity contribution in [1.29, 1.82) is 0 Å². The van der Waals surface area contributed by atoms with Gasteiger partial charge >= 0.3 is 0 Å². The quantitative estimate of drug-likeness (QED) is 0.753. The van der Waals surface area contributed by atoms with Crippen LogP contribution in [0.5, 0.6) is 0 Å². The van der Waals surface area contributed by atoms with Crippen molar-refractivity contribution in [2.45, 2.75) is 31.1 Å². The molecule has 0 aromatic heterocycles. The summed E-state index contributed by atoms with van der Waals surface area (Å²) in [5.74, 6) is 0.215. The first-order valence-electron chi connectivity index (χ1n) is 9.93. The van der Waals surface area contributed by atoms with Crippen molar-refractivity contribution in [3.05, 3.63) is 65.2 Å². The van der Waals surface area contributed by atoms with E-state index >= 15 is 0 Å². The fourth-order valence-electron chi connectivity index (χ4n) is 3.23. The summed E-state index contributed by atoms with van der Waals surface area (Å²) in [6.07, 6.45) is 0.718. The van der Waals surface area contributed by atoms with Crippen LogP contribution in [0.1, 0.15) is 41.3 Å². The minimum atomic E-state index is -3.62. The highest BCUT2D eigenvalue weighted by Crippen LogP contribution is 2.18. The summed E-state index contributed by atoms with van der Waals surface area (Å²) in [4.78, 5) is 12.6. The summed E-state index contributed by atoms with van der Waals surface area (Å²) < 4.78 is 32.2. The average molecular weight is 417 g/mol. The summed E-state index contributed by atoms with van der Waals surface area (Å²) in [6.45, 7) is 6.23. The molecule has 1 aliphatic heterocycles. The van der Waals surface area contributed by atoms with Gasteiger partial charge in [0, 0.05) is 25.2 Å². The number of ether oxygens (including phenoxy) is 1. The van der Waals surface area contributed by atoms with Gasteiger partial charge in [0.1, 0.15) is 0 Å². The van der Waals surface area contributed by atoms with Gasteiger partial charge in [0.25, 0.3) is 5.91 Å². The molecule has 0 aliphatic carbocycles. The Hall–Kier alpha value is -2.22. The lowest BCUT2D eigenvalue weighted by atomic mass is 10.0. The van der Waals surface area contributed by atoms with Crippen LogP contribution in [0.4, 0.5) is 0 Å². The van der Waals surface area contributed by atoms with Crippen molar-refractivity contribution in [3.63, 3.8) is 0 Å². The highest BCUT2D eigenvalue weighted by molar-refractivity contribution is 7.89. The molecule has 156 valence electrons. The number of morpholine rings is 1. The maximum absolute atomic E-state index is 12.8. The fraction of sp³-hybridized carbons (Fsp3) is 0.409. The molecule has 0 spiro atoms. The van der Waals surface area contributed by atoms with Gasteiger partial charge in [0.15, 0.2) is 0 Å². The minimum absolute atomic E-state index is 0.135. The van der Waals surface area contributed by atoms with E-state index in [0.29, 0.717) is 44.3 Å². The number of nitrogens with zero attached hydrogens (tertiary/aromatic N) is 1. The molecule has 1 N–H and O–H groups in total. The van der Waals surface area contributed by atoms with E-state index < -0.39 is 10.0 Å². The maximum atomic E-state index is 12.8. The summed E-state index contributed by atoms with van der Waals surface area (Å²) >= 11 is 0. The molecule has 1 heterocycles. The normalized spacial score (nSPS) is 15.4. The molecule has 0 atom stereocenters. The zero-order valence-electron chi connectivity index (χ0n) is 16.9. The molecule has 2 aromatic rings. The molecule has 0 saturated carbocycles. The third-order valence-electron chi connectivity index (χ3n) is 5.05. The minimum Gasteiger partial charge on any atom is -0.379 e. The third kappa shape index (κ3) is 5.44. The number of hydrogen-bond acceptors (Lipinski definition) is 4. The van der Waals surface area contributed by atoms with Gasteiger partial charge in [0.2, 0.25) is 10.0 Å². The lowest BCUT2D eigenvalue weighted by molar-refractivity contribution is 0.0730. The van der Waals surface area contributed by atoms with Crippen LogP contribution in [0.2, 0.25) is 0 Å². The van der Waals surface area contributed by atoms with Crippen LogP contribution >= 0.6 is 0 Å². The summed E-state index contributed by atoms with van der Waals surface area (Å²) in [7, 11) is -3.62. The van der Waals surface area contributed by atoms with Crippen LogP contribution in [0.15, 0.2) is 53.4 Å². The predicted molar refractivity (Wildman–Crippen MR) is 113 cm³/mol. The standard InChI is InChI=1S/C22H28N2O4S/c1-17(2)19-8-6-18(7-9-19)10-11-23-22(25)20-4-3-5-21(16-20)29(26,27)24-12-14-28-15-13-24/h3-9,16-17H,10-15H2,1-2H3,(H,23,25). The molecular weight excluding hydrogens is 388 g/mol. The molecule has 29 heavy (non-hydrogen) atoms. The van der Waals surface area contributed by atoms with Crippen molar-refractivity contribution in [3.8, 4) is 0 Å². The number of hydrogen-bond donors (Lipinski definition) is 1. The molecule has 1 fully saturated rings. The molecule has 7 heteroatoms.